The van der Waals surface area contributed by atoms with Crippen molar-refractivity contribution in [1.82, 2.24) is 4.98 Å². The van der Waals surface area contributed by atoms with Crippen molar-refractivity contribution in [3.05, 3.63) is 42.7 Å². The number of anilines is 2. The summed E-state index contributed by atoms with van der Waals surface area (Å²) in [6.45, 7) is 7.79. The third kappa shape index (κ3) is 3.48. The lowest BCUT2D eigenvalue weighted by Crippen LogP contribution is -2.10. The molecule has 106 valence electrons. The molecule has 0 saturated carbocycles. The number of nitrogens with two attached hydrogens (primary N) is 1. The van der Waals surface area contributed by atoms with Crippen LogP contribution >= 0.6 is 0 Å². The maximum Gasteiger partial charge on any atom is 0.0639 e. The Labute approximate surface area is 119 Å². The number of hydrogen-bond acceptors (Lipinski definition) is 4. The van der Waals surface area contributed by atoms with E-state index >= 15 is 0 Å². The molecular formula is C16H21N3O. The molecule has 0 fully saturated rings. The Hall–Kier alpha value is -2.07. The van der Waals surface area contributed by atoms with Crippen LogP contribution in [0.2, 0.25) is 0 Å². The maximum atomic E-state index is 5.98. The van der Waals surface area contributed by atoms with Crippen LogP contribution in [0.1, 0.15) is 12.1 Å². The van der Waals surface area contributed by atoms with Crippen LogP contribution in [0.3, 0.4) is 0 Å². The summed E-state index contributed by atoms with van der Waals surface area (Å²) in [4.78, 5) is 4.30. The van der Waals surface area contributed by atoms with Gasteiger partial charge < -0.3 is 15.8 Å². The van der Waals surface area contributed by atoms with Gasteiger partial charge in [-0.1, -0.05) is 6.08 Å². The summed E-state index contributed by atoms with van der Waals surface area (Å²) in [5.41, 5.74) is 8.78. The van der Waals surface area contributed by atoms with Gasteiger partial charge in [-0.15, -0.1) is 6.58 Å². The number of nitrogens with one attached hydrogen (secondary N) is 1. The molecule has 3 N–H and O–H groups in total. The molecule has 0 unspecified atom stereocenters. The van der Waals surface area contributed by atoms with Crippen molar-refractivity contribution in [3.63, 3.8) is 0 Å². The molecule has 0 aliphatic carbocycles. The summed E-state index contributed by atoms with van der Waals surface area (Å²) in [5, 5.41) is 5.47. The topological polar surface area (TPSA) is 60.2 Å². The van der Waals surface area contributed by atoms with Crippen LogP contribution in [-0.4, -0.2) is 24.7 Å². The van der Waals surface area contributed by atoms with Crippen LogP contribution in [0.5, 0.6) is 0 Å². The minimum absolute atomic E-state index is 0.670. The predicted molar refractivity (Wildman–Crippen MR) is 85.0 cm³/mol. The Balaban J connectivity index is 2.04. The van der Waals surface area contributed by atoms with E-state index in [1.165, 1.54) is 0 Å². The zero-order valence-corrected chi connectivity index (χ0v) is 11.9. The molecule has 1 heterocycles. The fraction of sp³-hybridized carbons (Fsp3) is 0.312. The summed E-state index contributed by atoms with van der Waals surface area (Å²) in [5.74, 6) is 0. The molecule has 0 aliphatic rings. The number of aryl methyl sites for hydroxylation is 1. The molecule has 0 bridgehead atoms. The van der Waals surface area contributed by atoms with Gasteiger partial charge in [0.05, 0.1) is 13.2 Å². The van der Waals surface area contributed by atoms with Gasteiger partial charge in [-0.2, -0.15) is 0 Å². The molecule has 20 heavy (non-hydrogen) atoms. The van der Waals surface area contributed by atoms with E-state index in [-0.39, 0.29) is 0 Å². The highest BCUT2D eigenvalue weighted by molar-refractivity contribution is 6.00. The third-order valence-corrected chi connectivity index (χ3v) is 3.10. The van der Waals surface area contributed by atoms with Crippen molar-refractivity contribution in [2.24, 2.45) is 0 Å². The van der Waals surface area contributed by atoms with E-state index in [9.17, 15) is 0 Å². The normalized spacial score (nSPS) is 10.7. The molecule has 4 nitrogen and oxygen atoms in total. The molecular weight excluding hydrogens is 250 g/mol. The molecule has 4 heteroatoms. The summed E-state index contributed by atoms with van der Waals surface area (Å²) >= 11 is 0. The van der Waals surface area contributed by atoms with Gasteiger partial charge in [0.15, 0.2) is 0 Å². The highest BCUT2D eigenvalue weighted by Crippen LogP contribution is 2.28. The summed E-state index contributed by atoms with van der Waals surface area (Å²) in [6.07, 6.45) is 4.57. The van der Waals surface area contributed by atoms with Crippen molar-refractivity contribution in [2.75, 3.05) is 30.8 Å². The second kappa shape index (κ2) is 6.91. The highest BCUT2D eigenvalue weighted by Gasteiger charge is 2.04. The van der Waals surface area contributed by atoms with Crippen molar-refractivity contribution in [3.8, 4) is 0 Å². The fourth-order valence-corrected chi connectivity index (χ4v) is 2.05. The lowest BCUT2D eigenvalue weighted by Gasteiger charge is -2.12. The summed E-state index contributed by atoms with van der Waals surface area (Å²) < 4.78 is 5.48. The van der Waals surface area contributed by atoms with Crippen LogP contribution in [0.25, 0.3) is 10.8 Å². The van der Waals surface area contributed by atoms with E-state index in [1.807, 2.05) is 37.4 Å². The Kier molecular flexibility index (Phi) is 4.96. The van der Waals surface area contributed by atoms with Crippen LogP contribution in [0.4, 0.5) is 11.4 Å². The van der Waals surface area contributed by atoms with Gasteiger partial charge in [-0.25, -0.2) is 0 Å². The zero-order valence-electron chi connectivity index (χ0n) is 11.9. The van der Waals surface area contributed by atoms with Crippen molar-refractivity contribution in [1.29, 1.82) is 0 Å². The number of nitrogens with zero attached hydrogens (tertiary/aromatic N) is 1. The van der Waals surface area contributed by atoms with E-state index in [0.717, 1.165) is 47.4 Å². The van der Waals surface area contributed by atoms with E-state index in [0.29, 0.717) is 6.61 Å². The third-order valence-electron chi connectivity index (χ3n) is 3.10. The number of fused-ring (bicyclic) bond motifs is 1. The molecule has 1 aromatic heterocycles. The molecule has 0 amide bonds. The van der Waals surface area contributed by atoms with E-state index in [2.05, 4.69) is 16.9 Å². The zero-order chi connectivity index (χ0) is 14.4. The largest absolute Gasteiger partial charge is 0.398 e. The van der Waals surface area contributed by atoms with Gasteiger partial charge in [0.1, 0.15) is 0 Å². The first-order valence-electron chi connectivity index (χ1n) is 6.79. The average Bonchev–Trinajstić information content (AvgIpc) is 2.45. The number of rotatable bonds is 7. The smallest absolute Gasteiger partial charge is 0.0639 e. The quantitative estimate of drug-likeness (QED) is 0.461. The van der Waals surface area contributed by atoms with Gasteiger partial charge in [-0.3, -0.25) is 4.98 Å². The molecule has 0 spiro atoms. The number of benzene rings is 1. The molecule has 2 rings (SSSR count). The fourth-order valence-electron chi connectivity index (χ4n) is 2.05. The molecule has 0 atom stereocenters. The second-order valence-electron chi connectivity index (χ2n) is 4.69. The van der Waals surface area contributed by atoms with Crippen LogP contribution in [0, 0.1) is 6.92 Å². The monoisotopic (exact) mass is 271 g/mol. The Bertz CT molecular complexity index is 596. The summed E-state index contributed by atoms with van der Waals surface area (Å²) in [6, 6.07) is 5.95. The molecule has 1 aromatic carbocycles. The minimum atomic E-state index is 0.670. The maximum absolute atomic E-state index is 5.98. The standard InChI is InChI=1S/C16H21N3O/c1-3-4-8-20-9-7-18-16-6-5-15(17)14-11-19-12(2)10-13(14)16/h3,5-6,10-11,18H,1,4,7-9,17H2,2H3. The van der Waals surface area contributed by atoms with Gasteiger partial charge in [0, 0.05) is 40.6 Å². The van der Waals surface area contributed by atoms with Gasteiger partial charge in [0.25, 0.3) is 0 Å². The van der Waals surface area contributed by atoms with Crippen LogP contribution < -0.4 is 11.1 Å². The van der Waals surface area contributed by atoms with Crippen molar-refractivity contribution >= 4 is 22.1 Å². The highest BCUT2D eigenvalue weighted by atomic mass is 16.5. The predicted octanol–water partition coefficient (Wildman–Crippen LogP) is 3.13. The lowest BCUT2D eigenvalue weighted by atomic mass is 10.1. The van der Waals surface area contributed by atoms with Crippen LogP contribution in [0.15, 0.2) is 37.1 Å². The molecule has 0 aliphatic heterocycles. The first-order chi connectivity index (χ1) is 9.72. The number of pyridine rings is 1. The van der Waals surface area contributed by atoms with Crippen molar-refractivity contribution in [2.45, 2.75) is 13.3 Å². The summed E-state index contributed by atoms with van der Waals surface area (Å²) in [7, 11) is 0. The van der Waals surface area contributed by atoms with Crippen LogP contribution in [-0.2, 0) is 4.74 Å². The number of aromatic nitrogens is 1. The van der Waals surface area contributed by atoms with Gasteiger partial charge in [0.2, 0.25) is 0 Å². The van der Waals surface area contributed by atoms with E-state index in [4.69, 9.17) is 10.5 Å². The number of nitrogen functional groups attached to an aromatic ring is 1. The molecule has 0 radical (unpaired) electrons. The first kappa shape index (κ1) is 14.3. The van der Waals surface area contributed by atoms with Gasteiger partial charge >= 0.3 is 0 Å². The molecule has 2 aromatic rings. The Morgan fingerprint density at radius 1 is 1.35 bits per heavy atom. The molecule has 0 saturated heterocycles. The van der Waals surface area contributed by atoms with E-state index in [1.54, 1.807) is 0 Å². The number of ether oxygens (including phenoxy) is 1. The number of hydrogen-bond donors (Lipinski definition) is 2. The van der Waals surface area contributed by atoms with Gasteiger partial charge in [-0.05, 0) is 31.5 Å². The SMILES string of the molecule is C=CCCOCCNc1ccc(N)c2cnc(C)cc12. The Morgan fingerprint density at radius 3 is 3.00 bits per heavy atom. The van der Waals surface area contributed by atoms with Crippen molar-refractivity contribution < 1.29 is 4.74 Å². The Morgan fingerprint density at radius 2 is 2.20 bits per heavy atom. The second-order valence-corrected chi connectivity index (χ2v) is 4.69. The lowest BCUT2D eigenvalue weighted by molar-refractivity contribution is 0.149. The average molecular weight is 271 g/mol. The van der Waals surface area contributed by atoms with E-state index < -0.39 is 0 Å². The minimum Gasteiger partial charge on any atom is -0.398 e. The first-order valence-corrected chi connectivity index (χ1v) is 6.79.